The van der Waals surface area contributed by atoms with Gasteiger partial charge in [-0.05, 0) is 17.7 Å². The largest absolute Gasteiger partial charge is 0.846 e. The quantitative estimate of drug-likeness (QED) is 0.390. The van der Waals surface area contributed by atoms with Gasteiger partial charge in [0.05, 0.1) is 11.0 Å². The van der Waals surface area contributed by atoms with E-state index in [-0.39, 0.29) is 12.4 Å². The van der Waals surface area contributed by atoms with Crippen molar-refractivity contribution in [1.82, 2.24) is 5.27 Å². The SMILES string of the molecule is C#CCN=C([O-])Nc1c[n+](-c2cccc(Cl)c2C)no1. The van der Waals surface area contributed by atoms with Crippen molar-refractivity contribution >= 4 is 23.5 Å². The van der Waals surface area contributed by atoms with E-state index in [1.54, 1.807) is 12.1 Å². The Labute approximate surface area is 120 Å². The highest BCUT2D eigenvalue weighted by atomic mass is 35.5. The van der Waals surface area contributed by atoms with Crippen LogP contribution in [-0.2, 0) is 0 Å². The van der Waals surface area contributed by atoms with E-state index >= 15 is 0 Å². The minimum atomic E-state index is -0.589. The fourth-order valence-electron chi connectivity index (χ4n) is 1.52. The molecule has 1 aromatic heterocycles. The van der Waals surface area contributed by atoms with E-state index in [1.165, 1.54) is 10.9 Å². The number of aromatic nitrogens is 2. The predicted molar refractivity (Wildman–Crippen MR) is 72.5 cm³/mol. The van der Waals surface area contributed by atoms with Crippen LogP contribution in [0.5, 0.6) is 0 Å². The molecule has 0 atom stereocenters. The summed E-state index contributed by atoms with van der Waals surface area (Å²) in [6.45, 7) is 1.87. The van der Waals surface area contributed by atoms with Gasteiger partial charge < -0.3 is 10.4 Å². The van der Waals surface area contributed by atoms with Gasteiger partial charge in [0, 0.05) is 11.6 Å². The smallest absolute Gasteiger partial charge is 0.300 e. The average molecular weight is 291 g/mol. The summed E-state index contributed by atoms with van der Waals surface area (Å²) in [5, 5.41) is 18.2. The van der Waals surface area contributed by atoms with Crippen molar-refractivity contribution in [3.05, 3.63) is 35.0 Å². The van der Waals surface area contributed by atoms with E-state index in [9.17, 15) is 5.11 Å². The van der Waals surface area contributed by atoms with Crippen LogP contribution in [0.3, 0.4) is 0 Å². The minimum absolute atomic E-state index is 0.00731. The first-order valence-electron chi connectivity index (χ1n) is 5.68. The Hall–Kier alpha value is -2.52. The van der Waals surface area contributed by atoms with Crippen LogP contribution in [-0.4, -0.2) is 17.8 Å². The Morgan fingerprint density at radius 1 is 1.65 bits per heavy atom. The molecule has 1 heterocycles. The number of nitrogens with one attached hydrogen (secondary N) is 1. The van der Waals surface area contributed by atoms with Crippen LogP contribution in [0.15, 0.2) is 33.9 Å². The number of halogens is 1. The Bertz CT molecular complexity index is 688. The van der Waals surface area contributed by atoms with Crippen LogP contribution in [0, 0.1) is 19.3 Å². The highest BCUT2D eigenvalue weighted by Gasteiger charge is 2.18. The third-order valence-corrected chi connectivity index (χ3v) is 2.91. The first kappa shape index (κ1) is 13.9. The topological polar surface area (TPSA) is 77.4 Å². The van der Waals surface area contributed by atoms with Gasteiger partial charge in [-0.3, -0.25) is 9.52 Å². The zero-order chi connectivity index (χ0) is 14.5. The van der Waals surface area contributed by atoms with Crippen LogP contribution in [0.25, 0.3) is 5.69 Å². The molecule has 20 heavy (non-hydrogen) atoms. The zero-order valence-electron chi connectivity index (χ0n) is 10.6. The summed E-state index contributed by atoms with van der Waals surface area (Å²) >= 11 is 6.04. The number of hydrogen-bond acceptors (Lipinski definition) is 4. The van der Waals surface area contributed by atoms with Crippen LogP contribution in [0.2, 0.25) is 5.02 Å². The number of nitrogens with zero attached hydrogens (tertiary/aromatic N) is 3. The third-order valence-electron chi connectivity index (χ3n) is 2.50. The molecule has 2 aromatic rings. The number of terminal acetylenes is 1. The number of amidine groups is 1. The van der Waals surface area contributed by atoms with E-state index in [0.717, 1.165) is 11.3 Å². The first-order valence-corrected chi connectivity index (χ1v) is 6.05. The minimum Gasteiger partial charge on any atom is -0.846 e. The molecule has 1 N–H and O–H groups in total. The van der Waals surface area contributed by atoms with Crippen molar-refractivity contribution in [3.8, 4) is 18.0 Å². The lowest BCUT2D eigenvalue weighted by molar-refractivity contribution is -0.670. The van der Waals surface area contributed by atoms with Gasteiger partial charge in [0.2, 0.25) is 11.0 Å². The van der Waals surface area contributed by atoms with E-state index in [2.05, 4.69) is 21.5 Å². The van der Waals surface area contributed by atoms with E-state index in [4.69, 9.17) is 22.5 Å². The summed E-state index contributed by atoms with van der Waals surface area (Å²) in [6, 6.07) is 4.82. The summed E-state index contributed by atoms with van der Waals surface area (Å²) < 4.78 is 6.46. The molecule has 6 nitrogen and oxygen atoms in total. The predicted octanol–water partition coefficient (Wildman–Crippen LogP) is 0.675. The molecule has 102 valence electrons. The maximum atomic E-state index is 11.3. The van der Waals surface area contributed by atoms with Gasteiger partial charge in [-0.2, -0.15) is 0 Å². The highest BCUT2D eigenvalue weighted by molar-refractivity contribution is 6.31. The molecule has 0 saturated carbocycles. The summed E-state index contributed by atoms with van der Waals surface area (Å²) in [6.07, 6.45) is 6.52. The van der Waals surface area contributed by atoms with E-state index in [0.29, 0.717) is 5.02 Å². The number of hydrogen-bond donors (Lipinski definition) is 1. The first-order chi connectivity index (χ1) is 9.61. The van der Waals surface area contributed by atoms with Crippen molar-refractivity contribution < 1.29 is 14.3 Å². The fraction of sp³-hybridized carbons (Fsp3) is 0.154. The standard InChI is InChI=1S/C13H11ClN4O2/c1-3-7-15-13(19)16-12-8-18(17-20-12)11-6-4-5-10(14)9(11)2/h1,4-6,8H,7H2,2H3,(H-,15,16,17,19). The van der Waals surface area contributed by atoms with E-state index in [1.807, 2.05) is 13.0 Å². The molecule has 0 fully saturated rings. The van der Waals surface area contributed by atoms with Gasteiger partial charge in [-0.25, -0.2) is 0 Å². The van der Waals surface area contributed by atoms with Gasteiger partial charge in [0.1, 0.15) is 6.54 Å². The van der Waals surface area contributed by atoms with Crippen molar-refractivity contribution in [1.29, 1.82) is 0 Å². The van der Waals surface area contributed by atoms with Crippen LogP contribution in [0.4, 0.5) is 5.88 Å². The summed E-state index contributed by atoms with van der Waals surface area (Å²) in [5.74, 6) is 2.40. The zero-order valence-corrected chi connectivity index (χ0v) is 11.4. The Balaban J connectivity index is 2.21. The average Bonchev–Trinajstić information content (AvgIpc) is 2.88. The second kappa shape index (κ2) is 6.08. The van der Waals surface area contributed by atoms with Gasteiger partial charge in [-0.15, -0.1) is 6.42 Å². The summed E-state index contributed by atoms with van der Waals surface area (Å²) in [7, 11) is 0. The van der Waals surface area contributed by atoms with Crippen LogP contribution >= 0.6 is 11.6 Å². The second-order valence-electron chi connectivity index (χ2n) is 3.85. The second-order valence-corrected chi connectivity index (χ2v) is 4.25. The van der Waals surface area contributed by atoms with Crippen molar-refractivity contribution in [2.45, 2.75) is 6.92 Å². The van der Waals surface area contributed by atoms with E-state index < -0.39 is 6.02 Å². The molecule has 0 radical (unpaired) electrons. The molecule has 0 aliphatic heterocycles. The normalized spacial score (nSPS) is 11.2. The van der Waals surface area contributed by atoms with Gasteiger partial charge in [-0.1, -0.05) is 23.6 Å². The van der Waals surface area contributed by atoms with Crippen molar-refractivity contribution in [2.24, 2.45) is 4.99 Å². The molecule has 7 heteroatoms. The molecule has 0 unspecified atom stereocenters. The summed E-state index contributed by atoms with van der Waals surface area (Å²) in [5.41, 5.74) is 1.60. The molecule has 0 spiro atoms. The highest BCUT2D eigenvalue weighted by Crippen LogP contribution is 2.18. The number of aliphatic imine (C=N–C) groups is 1. The van der Waals surface area contributed by atoms with Gasteiger partial charge in [0.15, 0.2) is 0 Å². The molecule has 0 aliphatic carbocycles. The Morgan fingerprint density at radius 3 is 3.20 bits per heavy atom. The molecule has 1 aromatic carbocycles. The monoisotopic (exact) mass is 290 g/mol. The van der Waals surface area contributed by atoms with Crippen LogP contribution in [0.1, 0.15) is 5.56 Å². The Morgan fingerprint density at radius 2 is 2.45 bits per heavy atom. The van der Waals surface area contributed by atoms with Gasteiger partial charge in [0.25, 0.3) is 6.20 Å². The molecular weight excluding hydrogens is 280 g/mol. The summed E-state index contributed by atoms with van der Waals surface area (Å²) in [4.78, 5) is 3.55. The fourth-order valence-corrected chi connectivity index (χ4v) is 1.69. The maximum absolute atomic E-state index is 11.3. The maximum Gasteiger partial charge on any atom is 0.300 e. The molecule has 2 rings (SSSR count). The third kappa shape index (κ3) is 3.08. The van der Waals surface area contributed by atoms with Gasteiger partial charge >= 0.3 is 5.88 Å². The lowest BCUT2D eigenvalue weighted by Crippen LogP contribution is -2.33. The lowest BCUT2D eigenvalue weighted by atomic mass is 10.2. The molecule has 0 saturated heterocycles. The molecule has 0 amide bonds. The molecular formula is C13H11ClN4O2. The van der Waals surface area contributed by atoms with Crippen molar-refractivity contribution in [3.63, 3.8) is 0 Å². The lowest BCUT2D eigenvalue weighted by Gasteiger charge is -2.07. The van der Waals surface area contributed by atoms with Crippen molar-refractivity contribution in [2.75, 3.05) is 11.9 Å². The Kier molecular flexibility index (Phi) is 4.23. The van der Waals surface area contributed by atoms with Crippen LogP contribution < -0.4 is 15.1 Å². The number of benzene rings is 1. The number of anilines is 1. The molecule has 0 bridgehead atoms. The number of rotatable bonds is 3. The molecule has 0 aliphatic rings.